The van der Waals surface area contributed by atoms with Gasteiger partial charge in [0.05, 0.1) is 0 Å². The smallest absolute Gasteiger partial charge is 0.286 e. The van der Waals surface area contributed by atoms with Crippen LogP contribution in [0.25, 0.3) is 0 Å². The van der Waals surface area contributed by atoms with Crippen molar-refractivity contribution in [2.45, 2.75) is 13.0 Å². The highest BCUT2D eigenvalue weighted by Crippen LogP contribution is 2.24. The van der Waals surface area contributed by atoms with Gasteiger partial charge in [0.2, 0.25) is 11.6 Å². The van der Waals surface area contributed by atoms with Gasteiger partial charge in [-0.25, -0.2) is 0 Å². The fourth-order valence-corrected chi connectivity index (χ4v) is 1.68. The number of carbonyl (C=O) groups excluding carboxylic acids is 2. The summed E-state index contributed by atoms with van der Waals surface area (Å²) < 4.78 is 0. The van der Waals surface area contributed by atoms with E-state index in [1.165, 1.54) is 12.1 Å². The van der Waals surface area contributed by atoms with E-state index in [1.807, 2.05) is 0 Å². The van der Waals surface area contributed by atoms with E-state index in [0.717, 1.165) is 5.56 Å². The van der Waals surface area contributed by atoms with Crippen LogP contribution in [0.15, 0.2) is 18.2 Å². The molecule has 0 saturated heterocycles. The molecular formula is C10H7NO4. The third-order valence-corrected chi connectivity index (χ3v) is 2.41. The Bertz CT molecular complexity index is 492. The summed E-state index contributed by atoms with van der Waals surface area (Å²) in [7, 11) is 0. The number of hydrogen-bond acceptors (Lipinski definition) is 4. The Morgan fingerprint density at radius 1 is 1.20 bits per heavy atom. The van der Waals surface area contributed by atoms with E-state index < -0.39 is 22.5 Å². The van der Waals surface area contributed by atoms with Crippen molar-refractivity contribution >= 4 is 11.6 Å². The number of rotatable bonds is 1. The zero-order valence-electron chi connectivity index (χ0n) is 7.89. The molecule has 2 rings (SSSR count). The van der Waals surface area contributed by atoms with E-state index in [0.29, 0.717) is 0 Å². The molecule has 1 aromatic carbocycles. The molecule has 0 radical (unpaired) electrons. The Kier molecular flexibility index (Phi) is 1.89. The first-order valence-electron chi connectivity index (χ1n) is 4.35. The number of ketones is 2. The number of benzene rings is 1. The topological polar surface area (TPSA) is 77.3 Å². The molecular weight excluding hydrogens is 198 g/mol. The van der Waals surface area contributed by atoms with Crippen molar-refractivity contribution in [3.05, 3.63) is 45.0 Å². The van der Waals surface area contributed by atoms with Crippen LogP contribution in [-0.2, 0) is 0 Å². The van der Waals surface area contributed by atoms with Crippen LogP contribution in [0.1, 0.15) is 26.3 Å². The average molecular weight is 205 g/mol. The highest BCUT2D eigenvalue weighted by atomic mass is 16.6. The molecule has 0 aromatic heterocycles. The Labute approximate surface area is 84.9 Å². The Hall–Kier alpha value is -2.04. The Morgan fingerprint density at radius 2 is 1.80 bits per heavy atom. The monoisotopic (exact) mass is 205 g/mol. The Morgan fingerprint density at radius 3 is 2.40 bits per heavy atom. The standard InChI is InChI=1S/C10H7NO4/c1-5-2-3-6-7(4-5)10(13)8(9(6)12)11(14)15/h2-4,8H,1H3/t8-/m0/s1. The highest BCUT2D eigenvalue weighted by Gasteiger charge is 2.47. The third kappa shape index (κ3) is 1.24. The lowest BCUT2D eigenvalue weighted by molar-refractivity contribution is -0.488. The van der Waals surface area contributed by atoms with Crippen LogP contribution in [0.4, 0.5) is 0 Å². The van der Waals surface area contributed by atoms with Crippen LogP contribution >= 0.6 is 0 Å². The van der Waals surface area contributed by atoms with Crippen molar-refractivity contribution in [2.24, 2.45) is 0 Å². The molecule has 0 heterocycles. The fourth-order valence-electron chi connectivity index (χ4n) is 1.68. The van der Waals surface area contributed by atoms with Gasteiger partial charge < -0.3 is 0 Å². The van der Waals surface area contributed by atoms with Crippen LogP contribution in [0.2, 0.25) is 0 Å². The summed E-state index contributed by atoms with van der Waals surface area (Å²) in [5.41, 5.74) is 1.13. The zero-order valence-corrected chi connectivity index (χ0v) is 7.89. The molecule has 0 amide bonds. The maximum atomic E-state index is 11.5. The van der Waals surface area contributed by atoms with Gasteiger partial charge in [-0.1, -0.05) is 17.7 Å². The molecule has 0 bridgehead atoms. The predicted molar refractivity (Wildman–Crippen MR) is 50.6 cm³/mol. The Balaban J connectivity index is 2.60. The van der Waals surface area contributed by atoms with Crippen LogP contribution in [0.3, 0.4) is 0 Å². The molecule has 1 aliphatic rings. The molecule has 0 N–H and O–H groups in total. The fraction of sp³-hybridized carbons (Fsp3) is 0.200. The van der Waals surface area contributed by atoms with E-state index in [9.17, 15) is 19.7 Å². The lowest BCUT2D eigenvalue weighted by Gasteiger charge is -1.95. The van der Waals surface area contributed by atoms with Crippen LogP contribution in [-0.4, -0.2) is 22.5 Å². The van der Waals surface area contributed by atoms with E-state index in [2.05, 4.69) is 0 Å². The van der Waals surface area contributed by atoms with Crippen molar-refractivity contribution in [2.75, 3.05) is 0 Å². The van der Waals surface area contributed by atoms with Gasteiger partial charge in [-0.05, 0) is 13.0 Å². The number of fused-ring (bicyclic) bond motifs is 1. The first kappa shape index (κ1) is 9.51. The summed E-state index contributed by atoms with van der Waals surface area (Å²) in [6, 6.07) is 2.90. The maximum Gasteiger partial charge on any atom is 0.336 e. The summed E-state index contributed by atoms with van der Waals surface area (Å²) >= 11 is 0. The van der Waals surface area contributed by atoms with Crippen molar-refractivity contribution < 1.29 is 14.5 Å². The number of nitro groups is 1. The molecule has 0 unspecified atom stereocenters. The van der Waals surface area contributed by atoms with Gasteiger partial charge in [-0.15, -0.1) is 0 Å². The molecule has 0 fully saturated rings. The second-order valence-electron chi connectivity index (χ2n) is 3.47. The second kappa shape index (κ2) is 2.98. The summed E-state index contributed by atoms with van der Waals surface area (Å²) in [5, 5.41) is 10.5. The molecule has 0 spiro atoms. The summed E-state index contributed by atoms with van der Waals surface area (Å²) in [6.45, 7) is 1.76. The summed E-state index contributed by atoms with van der Waals surface area (Å²) in [6.07, 6.45) is 0. The largest absolute Gasteiger partial charge is 0.336 e. The van der Waals surface area contributed by atoms with Crippen molar-refractivity contribution in [3.8, 4) is 0 Å². The van der Waals surface area contributed by atoms with Crippen molar-refractivity contribution in [1.82, 2.24) is 0 Å². The van der Waals surface area contributed by atoms with Gasteiger partial charge >= 0.3 is 6.04 Å². The molecule has 1 aliphatic carbocycles. The van der Waals surface area contributed by atoms with Gasteiger partial charge in [0.1, 0.15) is 0 Å². The first-order chi connectivity index (χ1) is 7.02. The van der Waals surface area contributed by atoms with Gasteiger partial charge in [0.15, 0.2) is 0 Å². The third-order valence-electron chi connectivity index (χ3n) is 2.41. The lowest BCUT2D eigenvalue weighted by atomic mass is 10.1. The summed E-state index contributed by atoms with van der Waals surface area (Å²) in [4.78, 5) is 32.7. The quantitative estimate of drug-likeness (QED) is 0.389. The highest BCUT2D eigenvalue weighted by molar-refractivity contribution is 6.28. The molecule has 1 aromatic rings. The molecule has 15 heavy (non-hydrogen) atoms. The van der Waals surface area contributed by atoms with Crippen molar-refractivity contribution in [3.63, 3.8) is 0 Å². The van der Waals surface area contributed by atoms with Gasteiger partial charge in [-0.3, -0.25) is 19.7 Å². The normalized spacial score (nSPS) is 19.1. The van der Waals surface area contributed by atoms with Gasteiger partial charge in [0, 0.05) is 16.1 Å². The molecule has 1 atom stereocenters. The van der Waals surface area contributed by atoms with E-state index in [4.69, 9.17) is 0 Å². The minimum atomic E-state index is -1.73. The number of nitrogens with zero attached hydrogens (tertiary/aromatic N) is 1. The van der Waals surface area contributed by atoms with Gasteiger partial charge in [0.25, 0.3) is 0 Å². The van der Waals surface area contributed by atoms with Gasteiger partial charge in [-0.2, -0.15) is 0 Å². The number of Topliss-reactive ketones (excluding diaryl/α,β-unsaturated/α-hetero) is 2. The maximum absolute atomic E-state index is 11.5. The van der Waals surface area contributed by atoms with E-state index in [-0.39, 0.29) is 11.1 Å². The van der Waals surface area contributed by atoms with Crippen molar-refractivity contribution in [1.29, 1.82) is 0 Å². The molecule has 76 valence electrons. The second-order valence-corrected chi connectivity index (χ2v) is 3.47. The number of carbonyl (C=O) groups is 2. The van der Waals surface area contributed by atoms with Crippen LogP contribution < -0.4 is 0 Å². The number of aryl methyl sites for hydroxylation is 1. The molecule has 5 nitrogen and oxygen atoms in total. The van der Waals surface area contributed by atoms with E-state index in [1.54, 1.807) is 13.0 Å². The SMILES string of the molecule is Cc1ccc2c(c1)C(=O)[C@@H]([N+](=O)[O-])C2=O. The molecule has 0 aliphatic heterocycles. The van der Waals surface area contributed by atoms with Crippen LogP contribution in [0.5, 0.6) is 0 Å². The molecule has 5 heteroatoms. The minimum absolute atomic E-state index is 0.160. The predicted octanol–water partition coefficient (Wildman–Crippen LogP) is 1.02. The van der Waals surface area contributed by atoms with Crippen LogP contribution in [0, 0.1) is 17.0 Å². The minimum Gasteiger partial charge on any atom is -0.286 e. The van der Waals surface area contributed by atoms with E-state index >= 15 is 0 Å². The lowest BCUT2D eigenvalue weighted by Crippen LogP contribution is -2.31. The summed E-state index contributed by atoms with van der Waals surface area (Å²) in [5.74, 6) is -1.41. The average Bonchev–Trinajstić information content (AvgIpc) is 2.39. The number of hydrogen-bond donors (Lipinski definition) is 0. The zero-order chi connectivity index (χ0) is 11.2. The molecule has 0 saturated carbocycles. The first-order valence-corrected chi connectivity index (χ1v) is 4.35.